The molecule has 1 heterocycles. The Balaban J connectivity index is 2.14. The average molecular weight is 323 g/mol. The van der Waals surface area contributed by atoms with E-state index in [1.165, 1.54) is 0 Å². The molecule has 0 saturated carbocycles. The van der Waals surface area contributed by atoms with Gasteiger partial charge in [-0.25, -0.2) is 0 Å². The number of benzene rings is 1. The van der Waals surface area contributed by atoms with Gasteiger partial charge in [0.05, 0.1) is 10.4 Å². The second kappa shape index (κ2) is 4.96. The van der Waals surface area contributed by atoms with Crippen molar-refractivity contribution in [2.75, 3.05) is 5.75 Å². The van der Waals surface area contributed by atoms with E-state index in [-0.39, 0.29) is 5.37 Å². The van der Waals surface area contributed by atoms with Crippen LogP contribution in [0, 0.1) is 0 Å². The Morgan fingerprint density at radius 2 is 2.38 bits per heavy atom. The minimum atomic E-state index is -0.803. The first-order valence-electron chi connectivity index (χ1n) is 4.63. The summed E-state index contributed by atoms with van der Waals surface area (Å²) in [5.74, 6) is -0.219. The normalized spacial score (nSPS) is 24.6. The molecule has 2 rings (SSSR count). The molecule has 0 aromatic heterocycles. The van der Waals surface area contributed by atoms with Crippen molar-refractivity contribution in [2.45, 2.75) is 11.4 Å². The van der Waals surface area contributed by atoms with Crippen LogP contribution in [0.15, 0.2) is 22.7 Å². The largest absolute Gasteiger partial charge is 0.480 e. The molecule has 1 saturated heterocycles. The van der Waals surface area contributed by atoms with Gasteiger partial charge in [0.15, 0.2) is 0 Å². The summed E-state index contributed by atoms with van der Waals surface area (Å²) in [6.07, 6.45) is 0. The van der Waals surface area contributed by atoms with Gasteiger partial charge < -0.3 is 5.11 Å². The Labute approximate surface area is 111 Å². The molecule has 16 heavy (non-hydrogen) atoms. The van der Waals surface area contributed by atoms with Gasteiger partial charge in [0.1, 0.15) is 6.04 Å². The quantitative estimate of drug-likeness (QED) is 0.879. The fourth-order valence-corrected chi connectivity index (χ4v) is 3.22. The first kappa shape index (κ1) is 12.2. The van der Waals surface area contributed by atoms with Gasteiger partial charge in [0, 0.05) is 10.2 Å². The lowest BCUT2D eigenvalue weighted by atomic mass is 10.2. The number of hydrogen-bond donors (Lipinski definition) is 2. The minimum absolute atomic E-state index is 0.0228. The number of nitrogens with one attached hydrogen (secondary N) is 1. The molecular weight excluding hydrogens is 314 g/mol. The molecule has 1 aromatic rings. The molecule has 0 aliphatic carbocycles. The van der Waals surface area contributed by atoms with Crippen LogP contribution in [-0.4, -0.2) is 22.9 Å². The van der Waals surface area contributed by atoms with Gasteiger partial charge in [0.25, 0.3) is 0 Å². The summed E-state index contributed by atoms with van der Waals surface area (Å²) in [4.78, 5) is 10.8. The van der Waals surface area contributed by atoms with Gasteiger partial charge in [-0.3, -0.25) is 10.1 Å². The topological polar surface area (TPSA) is 49.3 Å². The fraction of sp³-hybridized carbons (Fsp3) is 0.300. The highest BCUT2D eigenvalue weighted by Crippen LogP contribution is 2.35. The van der Waals surface area contributed by atoms with E-state index in [4.69, 9.17) is 16.7 Å². The molecular formula is C10H9BrClNO2S. The number of rotatable bonds is 2. The molecule has 1 aliphatic heterocycles. The molecule has 1 fully saturated rings. The van der Waals surface area contributed by atoms with Crippen molar-refractivity contribution in [1.29, 1.82) is 0 Å². The summed E-state index contributed by atoms with van der Waals surface area (Å²) in [6, 6.07) is 5.15. The Morgan fingerprint density at radius 1 is 1.62 bits per heavy atom. The third kappa shape index (κ3) is 2.53. The summed E-state index contributed by atoms with van der Waals surface area (Å²) >= 11 is 10.8. The zero-order valence-corrected chi connectivity index (χ0v) is 11.3. The summed E-state index contributed by atoms with van der Waals surface area (Å²) in [7, 11) is 0. The highest BCUT2D eigenvalue weighted by atomic mass is 79.9. The Hall–Kier alpha value is -0.230. The summed E-state index contributed by atoms with van der Waals surface area (Å²) < 4.78 is 0.827. The second-order valence-corrected chi connectivity index (χ2v) is 5.84. The van der Waals surface area contributed by atoms with Crippen molar-refractivity contribution in [2.24, 2.45) is 0 Å². The smallest absolute Gasteiger partial charge is 0.321 e. The van der Waals surface area contributed by atoms with Crippen LogP contribution in [0.4, 0.5) is 0 Å². The van der Waals surface area contributed by atoms with Crippen molar-refractivity contribution in [3.05, 3.63) is 33.3 Å². The van der Waals surface area contributed by atoms with E-state index in [2.05, 4.69) is 21.2 Å². The SMILES string of the molecule is O=C(O)[C@@H]1CSC(c2ccc(Cl)c(Br)c2)N1. The molecule has 3 nitrogen and oxygen atoms in total. The number of carboxylic acids is 1. The number of hydrogen-bond acceptors (Lipinski definition) is 3. The molecule has 86 valence electrons. The summed E-state index contributed by atoms with van der Waals surface area (Å²) in [5, 5.41) is 12.6. The summed E-state index contributed by atoms with van der Waals surface area (Å²) in [6.45, 7) is 0. The molecule has 0 spiro atoms. The van der Waals surface area contributed by atoms with E-state index in [1.807, 2.05) is 12.1 Å². The van der Waals surface area contributed by atoms with E-state index in [0.717, 1.165) is 10.0 Å². The Morgan fingerprint density at radius 3 is 2.94 bits per heavy atom. The minimum Gasteiger partial charge on any atom is -0.480 e. The van der Waals surface area contributed by atoms with Crippen molar-refractivity contribution in [1.82, 2.24) is 5.32 Å². The van der Waals surface area contributed by atoms with E-state index < -0.39 is 12.0 Å². The highest BCUT2D eigenvalue weighted by Gasteiger charge is 2.30. The number of aliphatic carboxylic acids is 1. The zero-order valence-electron chi connectivity index (χ0n) is 8.11. The van der Waals surface area contributed by atoms with Crippen LogP contribution in [0.25, 0.3) is 0 Å². The number of thioether (sulfide) groups is 1. The van der Waals surface area contributed by atoms with Crippen molar-refractivity contribution < 1.29 is 9.90 Å². The second-order valence-electron chi connectivity index (χ2n) is 3.44. The molecule has 0 bridgehead atoms. The fourth-order valence-electron chi connectivity index (χ4n) is 1.48. The van der Waals surface area contributed by atoms with Crippen LogP contribution in [0.2, 0.25) is 5.02 Å². The number of carboxylic acid groups (broad SMARTS) is 1. The molecule has 1 unspecified atom stereocenters. The first-order valence-corrected chi connectivity index (χ1v) is 6.85. The molecule has 0 amide bonds. The zero-order chi connectivity index (χ0) is 11.7. The van der Waals surface area contributed by atoms with Crippen molar-refractivity contribution in [3.63, 3.8) is 0 Å². The Kier molecular flexibility index (Phi) is 3.79. The van der Waals surface area contributed by atoms with Gasteiger partial charge in [-0.15, -0.1) is 11.8 Å². The van der Waals surface area contributed by atoms with Gasteiger partial charge in [-0.1, -0.05) is 17.7 Å². The standard InChI is InChI=1S/C10H9BrClNO2S/c11-6-3-5(1-2-7(6)12)9-13-8(4-16-9)10(14)15/h1-3,8-9,13H,4H2,(H,14,15)/t8-,9?/m0/s1. The van der Waals surface area contributed by atoms with Crippen LogP contribution < -0.4 is 5.32 Å². The molecule has 1 aliphatic rings. The summed E-state index contributed by atoms with van der Waals surface area (Å²) in [5.41, 5.74) is 1.03. The monoisotopic (exact) mass is 321 g/mol. The molecule has 2 atom stereocenters. The maximum absolute atomic E-state index is 10.8. The van der Waals surface area contributed by atoms with Crippen molar-refractivity contribution >= 4 is 45.3 Å². The van der Waals surface area contributed by atoms with Crippen LogP contribution in [0.5, 0.6) is 0 Å². The van der Waals surface area contributed by atoms with E-state index in [1.54, 1.807) is 17.8 Å². The average Bonchev–Trinajstić information content (AvgIpc) is 2.71. The van der Waals surface area contributed by atoms with Gasteiger partial charge in [-0.05, 0) is 33.6 Å². The van der Waals surface area contributed by atoms with Gasteiger partial charge in [0.2, 0.25) is 0 Å². The lowest BCUT2D eigenvalue weighted by Gasteiger charge is -2.12. The van der Waals surface area contributed by atoms with E-state index in [0.29, 0.717) is 10.8 Å². The third-order valence-corrected chi connectivity index (χ3v) is 4.81. The maximum Gasteiger partial charge on any atom is 0.321 e. The van der Waals surface area contributed by atoms with Gasteiger partial charge in [-0.2, -0.15) is 0 Å². The van der Waals surface area contributed by atoms with Crippen LogP contribution >= 0.6 is 39.3 Å². The van der Waals surface area contributed by atoms with Crippen molar-refractivity contribution in [3.8, 4) is 0 Å². The predicted molar refractivity (Wildman–Crippen MR) is 68.9 cm³/mol. The first-order chi connectivity index (χ1) is 7.58. The van der Waals surface area contributed by atoms with E-state index >= 15 is 0 Å². The molecule has 6 heteroatoms. The highest BCUT2D eigenvalue weighted by molar-refractivity contribution is 9.10. The van der Waals surface area contributed by atoms with Gasteiger partial charge >= 0.3 is 5.97 Å². The van der Waals surface area contributed by atoms with E-state index in [9.17, 15) is 4.79 Å². The third-order valence-electron chi connectivity index (χ3n) is 2.33. The van der Waals surface area contributed by atoms with Crippen LogP contribution in [0.1, 0.15) is 10.9 Å². The van der Waals surface area contributed by atoms with Crippen LogP contribution in [0.3, 0.4) is 0 Å². The van der Waals surface area contributed by atoms with Crippen LogP contribution in [-0.2, 0) is 4.79 Å². The lowest BCUT2D eigenvalue weighted by molar-refractivity contribution is -0.138. The maximum atomic E-state index is 10.8. The molecule has 0 radical (unpaired) electrons. The molecule has 1 aromatic carbocycles. The predicted octanol–water partition coefficient (Wildman–Crippen LogP) is 2.89. The molecule has 2 N–H and O–H groups in total. The Bertz CT molecular complexity index is 429. The lowest BCUT2D eigenvalue weighted by Crippen LogP contribution is -2.33. The number of carbonyl (C=O) groups is 1. The number of halogens is 2.